The van der Waals surface area contributed by atoms with Crippen LogP contribution in [0.3, 0.4) is 0 Å². The van der Waals surface area contributed by atoms with E-state index in [0.29, 0.717) is 18.3 Å². The summed E-state index contributed by atoms with van der Waals surface area (Å²) in [6.45, 7) is 8.98. The van der Waals surface area contributed by atoms with Gasteiger partial charge in [-0.1, -0.05) is 5.16 Å². The van der Waals surface area contributed by atoms with Crippen molar-refractivity contribution in [2.24, 2.45) is 16.8 Å². The molecule has 0 bridgehead atoms. The van der Waals surface area contributed by atoms with Crippen molar-refractivity contribution >= 4 is 5.84 Å². The van der Waals surface area contributed by atoms with Crippen LogP contribution in [0, 0.1) is 5.92 Å². The zero-order valence-corrected chi connectivity index (χ0v) is 11.0. The second-order valence-electron chi connectivity index (χ2n) is 5.14. The maximum Gasteiger partial charge on any atom is 0.139 e. The van der Waals surface area contributed by atoms with Gasteiger partial charge in [-0.3, -0.25) is 0 Å². The van der Waals surface area contributed by atoms with Gasteiger partial charge in [-0.2, -0.15) is 0 Å². The molecule has 0 amide bonds. The van der Waals surface area contributed by atoms with Crippen molar-refractivity contribution in [2.75, 3.05) is 26.2 Å². The molecule has 1 aliphatic rings. The summed E-state index contributed by atoms with van der Waals surface area (Å²) in [6.07, 6.45) is 2.88. The summed E-state index contributed by atoms with van der Waals surface area (Å²) in [5, 5.41) is 14.8. The third-order valence-electron chi connectivity index (χ3n) is 3.40. The lowest BCUT2D eigenvalue weighted by atomic mass is 10.1. The largest absolute Gasteiger partial charge is 0.409 e. The zero-order valence-electron chi connectivity index (χ0n) is 11.0. The van der Waals surface area contributed by atoms with Gasteiger partial charge in [-0.25, -0.2) is 0 Å². The van der Waals surface area contributed by atoms with E-state index in [1.165, 1.54) is 19.5 Å². The highest BCUT2D eigenvalue weighted by Gasteiger charge is 2.23. The summed E-state index contributed by atoms with van der Waals surface area (Å²) < 4.78 is 0. The molecule has 1 saturated heterocycles. The molecule has 4 N–H and O–H groups in total. The molecule has 0 saturated carbocycles. The molecule has 1 unspecified atom stereocenters. The number of oxime groups is 1. The molecule has 0 aliphatic carbocycles. The molecule has 1 rings (SSSR count). The van der Waals surface area contributed by atoms with E-state index < -0.39 is 0 Å². The maximum atomic E-state index is 8.38. The highest BCUT2D eigenvalue weighted by molar-refractivity contribution is 5.79. The molecule has 0 radical (unpaired) electrons. The quantitative estimate of drug-likeness (QED) is 0.203. The first kappa shape index (κ1) is 14.3. The maximum absolute atomic E-state index is 8.38. The van der Waals surface area contributed by atoms with Crippen LogP contribution < -0.4 is 11.1 Å². The molecule has 17 heavy (non-hydrogen) atoms. The van der Waals surface area contributed by atoms with Gasteiger partial charge in [0.1, 0.15) is 5.84 Å². The molecule has 0 aromatic heterocycles. The minimum atomic E-state index is 0.318. The van der Waals surface area contributed by atoms with E-state index in [0.717, 1.165) is 25.4 Å². The van der Waals surface area contributed by atoms with Crippen molar-refractivity contribution in [3.63, 3.8) is 0 Å². The fraction of sp³-hybridized carbons (Fsp3) is 0.917. The fourth-order valence-corrected chi connectivity index (χ4v) is 2.25. The van der Waals surface area contributed by atoms with Gasteiger partial charge in [0.15, 0.2) is 0 Å². The average Bonchev–Trinajstić information content (AvgIpc) is 2.77. The van der Waals surface area contributed by atoms with E-state index in [1.54, 1.807) is 0 Å². The molecule has 0 aromatic carbocycles. The van der Waals surface area contributed by atoms with Crippen molar-refractivity contribution < 1.29 is 5.21 Å². The van der Waals surface area contributed by atoms with Gasteiger partial charge >= 0.3 is 0 Å². The molecule has 0 aromatic rings. The monoisotopic (exact) mass is 242 g/mol. The molecule has 1 heterocycles. The number of nitrogens with two attached hydrogens (primary N) is 1. The standard InChI is InChI=1S/C12H26N4O/c1-10(2)16-7-5-11(9-16)8-14-6-3-4-12(13)15-17/h10-11,14,17H,3-9H2,1-2H3,(H2,13,15). The third kappa shape index (κ3) is 5.37. The number of rotatable bonds is 7. The topological polar surface area (TPSA) is 73.9 Å². The summed E-state index contributed by atoms with van der Waals surface area (Å²) in [7, 11) is 0. The Balaban J connectivity index is 2.01. The van der Waals surface area contributed by atoms with Gasteiger partial charge in [0.2, 0.25) is 0 Å². The lowest BCUT2D eigenvalue weighted by Gasteiger charge is -2.20. The second kappa shape index (κ2) is 7.50. The molecule has 1 aliphatic heterocycles. The molecular weight excluding hydrogens is 216 g/mol. The van der Waals surface area contributed by atoms with Crippen LogP contribution in [0.4, 0.5) is 0 Å². The van der Waals surface area contributed by atoms with E-state index >= 15 is 0 Å². The van der Waals surface area contributed by atoms with Crippen LogP contribution in [-0.2, 0) is 0 Å². The smallest absolute Gasteiger partial charge is 0.139 e. The van der Waals surface area contributed by atoms with Crippen molar-refractivity contribution in [2.45, 2.75) is 39.2 Å². The Kier molecular flexibility index (Phi) is 6.29. The van der Waals surface area contributed by atoms with Crippen LogP contribution in [0.5, 0.6) is 0 Å². The first-order chi connectivity index (χ1) is 8.13. The van der Waals surface area contributed by atoms with Gasteiger partial charge < -0.3 is 21.2 Å². The minimum Gasteiger partial charge on any atom is -0.409 e. The van der Waals surface area contributed by atoms with E-state index in [-0.39, 0.29) is 0 Å². The molecule has 5 heteroatoms. The average molecular weight is 242 g/mol. The molecule has 0 spiro atoms. The Morgan fingerprint density at radius 1 is 1.59 bits per heavy atom. The summed E-state index contributed by atoms with van der Waals surface area (Å²) in [6, 6.07) is 0.667. The Labute approximate surface area is 104 Å². The molecule has 5 nitrogen and oxygen atoms in total. The lowest BCUT2D eigenvalue weighted by Crippen LogP contribution is -2.31. The van der Waals surface area contributed by atoms with E-state index in [1.807, 2.05) is 0 Å². The number of hydrogen-bond acceptors (Lipinski definition) is 4. The highest BCUT2D eigenvalue weighted by atomic mass is 16.4. The van der Waals surface area contributed by atoms with Crippen molar-refractivity contribution in [1.29, 1.82) is 0 Å². The molecule has 100 valence electrons. The number of hydrogen-bond donors (Lipinski definition) is 3. The number of likely N-dealkylation sites (tertiary alicyclic amines) is 1. The summed E-state index contributed by atoms with van der Waals surface area (Å²) in [5.41, 5.74) is 5.39. The van der Waals surface area contributed by atoms with Crippen LogP contribution >= 0.6 is 0 Å². The number of nitrogens with one attached hydrogen (secondary N) is 1. The first-order valence-corrected chi connectivity index (χ1v) is 6.54. The van der Waals surface area contributed by atoms with Gasteiger partial charge in [0.25, 0.3) is 0 Å². The van der Waals surface area contributed by atoms with Crippen LogP contribution in [0.2, 0.25) is 0 Å². The molecule has 1 fully saturated rings. The predicted octanol–water partition coefficient (Wildman–Crippen LogP) is 0.833. The van der Waals surface area contributed by atoms with Crippen molar-refractivity contribution in [3.8, 4) is 0 Å². The Morgan fingerprint density at radius 2 is 2.35 bits per heavy atom. The second-order valence-corrected chi connectivity index (χ2v) is 5.14. The molecule has 1 atom stereocenters. The zero-order chi connectivity index (χ0) is 12.7. The van der Waals surface area contributed by atoms with Gasteiger partial charge in [-0.15, -0.1) is 0 Å². The van der Waals surface area contributed by atoms with Gasteiger partial charge in [-0.05, 0) is 52.2 Å². The van der Waals surface area contributed by atoms with Crippen LogP contribution in [0.15, 0.2) is 5.16 Å². The minimum absolute atomic E-state index is 0.318. The van der Waals surface area contributed by atoms with Crippen LogP contribution in [-0.4, -0.2) is 48.2 Å². The number of nitrogens with zero attached hydrogens (tertiary/aromatic N) is 2. The fourth-order valence-electron chi connectivity index (χ4n) is 2.25. The lowest BCUT2D eigenvalue weighted by molar-refractivity contribution is 0.264. The van der Waals surface area contributed by atoms with Crippen molar-refractivity contribution in [3.05, 3.63) is 0 Å². The summed E-state index contributed by atoms with van der Waals surface area (Å²) >= 11 is 0. The number of amidine groups is 1. The normalized spacial score (nSPS) is 22.5. The van der Waals surface area contributed by atoms with E-state index in [9.17, 15) is 0 Å². The van der Waals surface area contributed by atoms with Crippen molar-refractivity contribution in [1.82, 2.24) is 10.2 Å². The van der Waals surface area contributed by atoms with Gasteiger partial charge in [0, 0.05) is 19.0 Å². The highest BCUT2D eigenvalue weighted by Crippen LogP contribution is 2.17. The summed E-state index contributed by atoms with van der Waals surface area (Å²) in [5.74, 6) is 1.10. The Morgan fingerprint density at radius 3 is 2.94 bits per heavy atom. The Bertz CT molecular complexity index is 243. The van der Waals surface area contributed by atoms with E-state index in [2.05, 4.69) is 29.2 Å². The van der Waals surface area contributed by atoms with Crippen LogP contribution in [0.1, 0.15) is 33.1 Å². The van der Waals surface area contributed by atoms with E-state index in [4.69, 9.17) is 10.9 Å². The Hall–Kier alpha value is -0.810. The van der Waals surface area contributed by atoms with Crippen LogP contribution in [0.25, 0.3) is 0 Å². The SMILES string of the molecule is CC(C)N1CCC(CNCCCC(N)=NO)C1. The third-order valence-corrected chi connectivity index (χ3v) is 3.40. The van der Waals surface area contributed by atoms with Gasteiger partial charge in [0.05, 0.1) is 0 Å². The molecular formula is C12H26N4O. The predicted molar refractivity (Wildman–Crippen MR) is 70.3 cm³/mol. The first-order valence-electron chi connectivity index (χ1n) is 6.54. The summed E-state index contributed by atoms with van der Waals surface area (Å²) in [4.78, 5) is 2.53.